The Bertz CT molecular complexity index is 922. The van der Waals surface area contributed by atoms with E-state index in [1.165, 1.54) is 12.1 Å². The van der Waals surface area contributed by atoms with E-state index >= 15 is 0 Å². The highest BCUT2D eigenvalue weighted by molar-refractivity contribution is 6.25. The van der Waals surface area contributed by atoms with E-state index in [9.17, 15) is 29.4 Å². The van der Waals surface area contributed by atoms with Gasteiger partial charge in [0.2, 0.25) is 0 Å². The van der Waals surface area contributed by atoms with E-state index in [2.05, 4.69) is 4.98 Å². The summed E-state index contributed by atoms with van der Waals surface area (Å²) in [7, 11) is 0. The number of carboxylic acid groups (broad SMARTS) is 4. The normalized spacial score (nSPS) is 12.0. The molecule has 2 rings (SSSR count). The van der Waals surface area contributed by atoms with Crippen molar-refractivity contribution in [1.82, 2.24) is 4.98 Å². The SMILES string of the molecule is O=C(O)/C=C(\C(=O)O)c1cc2ccccc2nc1/C(=C/C(=O)O)C(=O)O. The Labute approximate surface area is 145 Å². The van der Waals surface area contributed by atoms with Crippen molar-refractivity contribution in [3.8, 4) is 0 Å². The minimum absolute atomic E-state index is 0.281. The number of aliphatic carboxylic acids is 4. The summed E-state index contributed by atoms with van der Waals surface area (Å²) in [5.41, 5.74) is -2.02. The maximum absolute atomic E-state index is 11.5. The number of carboxylic acids is 4. The molecule has 4 N–H and O–H groups in total. The Hall–Kier alpha value is -4.01. The lowest BCUT2D eigenvalue weighted by atomic mass is 9.96. The second-order valence-electron chi connectivity index (χ2n) is 4.98. The van der Waals surface area contributed by atoms with Gasteiger partial charge in [-0.2, -0.15) is 0 Å². The number of carbonyl (C=O) groups is 4. The third kappa shape index (κ3) is 3.90. The third-order valence-corrected chi connectivity index (χ3v) is 3.27. The highest BCUT2D eigenvalue weighted by atomic mass is 16.4. The van der Waals surface area contributed by atoms with Crippen LogP contribution in [-0.4, -0.2) is 49.3 Å². The zero-order valence-electron chi connectivity index (χ0n) is 12.9. The molecule has 1 aromatic heterocycles. The average molecular weight is 357 g/mol. The summed E-state index contributed by atoms with van der Waals surface area (Å²) in [4.78, 5) is 48.9. The average Bonchev–Trinajstić information content (AvgIpc) is 2.55. The Morgan fingerprint density at radius 3 is 1.88 bits per heavy atom. The standard InChI is InChI=1S/C17H11NO8/c19-13(20)6-10(16(23)24)9-5-8-3-1-2-4-12(8)18-15(9)11(17(25)26)7-14(21)22/h1-7H,(H,19,20)(H,21,22)(H,23,24)(H,25,26)/b10-6-,11-7-. The molecule has 0 bridgehead atoms. The van der Waals surface area contributed by atoms with Crippen LogP contribution in [0.1, 0.15) is 11.3 Å². The summed E-state index contributed by atoms with van der Waals surface area (Å²) in [6.07, 6.45) is 0.751. The zero-order chi connectivity index (χ0) is 19.4. The van der Waals surface area contributed by atoms with Crippen molar-refractivity contribution >= 4 is 45.9 Å². The highest BCUT2D eigenvalue weighted by Gasteiger charge is 2.24. The van der Waals surface area contributed by atoms with Crippen LogP contribution in [0.15, 0.2) is 42.5 Å². The number of hydrogen-bond donors (Lipinski definition) is 4. The number of rotatable bonds is 6. The molecule has 9 heteroatoms. The first kappa shape index (κ1) is 18.3. The lowest BCUT2D eigenvalue weighted by Gasteiger charge is -2.12. The fourth-order valence-electron chi connectivity index (χ4n) is 2.26. The van der Waals surface area contributed by atoms with Crippen molar-refractivity contribution in [3.05, 3.63) is 53.7 Å². The van der Waals surface area contributed by atoms with Crippen LogP contribution in [0.5, 0.6) is 0 Å². The molecule has 0 spiro atoms. The van der Waals surface area contributed by atoms with E-state index in [1.54, 1.807) is 18.2 Å². The Kier molecular flexibility index (Phi) is 5.12. The summed E-state index contributed by atoms with van der Waals surface area (Å²) in [6.45, 7) is 0. The van der Waals surface area contributed by atoms with E-state index in [-0.39, 0.29) is 11.1 Å². The van der Waals surface area contributed by atoms with Gasteiger partial charge in [0.05, 0.1) is 22.4 Å². The van der Waals surface area contributed by atoms with Crippen LogP contribution < -0.4 is 0 Å². The summed E-state index contributed by atoms with van der Waals surface area (Å²) in [6, 6.07) is 7.56. The molecular formula is C17H11NO8. The maximum atomic E-state index is 11.5. The van der Waals surface area contributed by atoms with Gasteiger partial charge >= 0.3 is 23.9 Å². The molecule has 2 aromatic rings. The monoisotopic (exact) mass is 357 g/mol. The minimum Gasteiger partial charge on any atom is -0.478 e. The molecule has 0 aliphatic rings. The van der Waals surface area contributed by atoms with Crippen LogP contribution >= 0.6 is 0 Å². The maximum Gasteiger partial charge on any atom is 0.338 e. The number of pyridine rings is 1. The summed E-state index contributed by atoms with van der Waals surface area (Å²) in [5, 5.41) is 36.9. The van der Waals surface area contributed by atoms with Crippen LogP contribution in [0.25, 0.3) is 22.0 Å². The molecule has 0 fully saturated rings. The summed E-state index contributed by atoms with van der Waals surface area (Å²) >= 11 is 0. The van der Waals surface area contributed by atoms with Gasteiger partial charge in [-0.15, -0.1) is 0 Å². The van der Waals surface area contributed by atoms with E-state index in [4.69, 9.17) is 10.2 Å². The first-order valence-electron chi connectivity index (χ1n) is 6.97. The van der Waals surface area contributed by atoms with Gasteiger partial charge in [0.15, 0.2) is 0 Å². The van der Waals surface area contributed by atoms with Crippen LogP contribution in [0.2, 0.25) is 0 Å². The molecule has 0 aliphatic carbocycles. The molecule has 132 valence electrons. The van der Waals surface area contributed by atoms with Crippen LogP contribution in [-0.2, 0) is 19.2 Å². The van der Waals surface area contributed by atoms with Gasteiger partial charge in [-0.1, -0.05) is 18.2 Å². The summed E-state index contributed by atoms with van der Waals surface area (Å²) < 4.78 is 0. The summed E-state index contributed by atoms with van der Waals surface area (Å²) in [5.74, 6) is -6.44. The van der Waals surface area contributed by atoms with E-state index < -0.39 is 40.7 Å². The van der Waals surface area contributed by atoms with Crippen molar-refractivity contribution < 1.29 is 39.6 Å². The van der Waals surface area contributed by atoms with Crippen molar-refractivity contribution in [2.45, 2.75) is 0 Å². The van der Waals surface area contributed by atoms with Gasteiger partial charge in [0, 0.05) is 23.1 Å². The smallest absolute Gasteiger partial charge is 0.338 e. The van der Waals surface area contributed by atoms with Crippen molar-refractivity contribution in [1.29, 1.82) is 0 Å². The molecule has 1 heterocycles. The van der Waals surface area contributed by atoms with E-state index in [0.717, 1.165) is 0 Å². The number of fused-ring (bicyclic) bond motifs is 1. The van der Waals surface area contributed by atoms with Gasteiger partial charge in [0.1, 0.15) is 0 Å². The molecule has 9 nitrogen and oxygen atoms in total. The molecule has 1 aromatic carbocycles. The molecule has 0 saturated carbocycles. The van der Waals surface area contributed by atoms with Gasteiger partial charge in [0.25, 0.3) is 0 Å². The number of hydrogen-bond acceptors (Lipinski definition) is 5. The molecule has 0 unspecified atom stereocenters. The van der Waals surface area contributed by atoms with Crippen molar-refractivity contribution in [2.24, 2.45) is 0 Å². The Balaban J connectivity index is 2.95. The highest BCUT2D eigenvalue weighted by Crippen LogP contribution is 2.28. The minimum atomic E-state index is -1.66. The van der Waals surface area contributed by atoms with Crippen LogP contribution in [0.3, 0.4) is 0 Å². The predicted octanol–water partition coefficient (Wildman–Crippen LogP) is 1.34. The number of benzene rings is 1. The number of aromatic nitrogens is 1. The second kappa shape index (κ2) is 7.26. The van der Waals surface area contributed by atoms with Crippen LogP contribution in [0.4, 0.5) is 0 Å². The lowest BCUT2D eigenvalue weighted by molar-refractivity contribution is -0.133. The number of para-hydroxylation sites is 1. The topological polar surface area (TPSA) is 162 Å². The Morgan fingerprint density at radius 1 is 0.808 bits per heavy atom. The van der Waals surface area contributed by atoms with Crippen molar-refractivity contribution in [3.63, 3.8) is 0 Å². The van der Waals surface area contributed by atoms with Crippen molar-refractivity contribution in [2.75, 3.05) is 0 Å². The quantitative estimate of drug-likeness (QED) is 0.559. The van der Waals surface area contributed by atoms with Gasteiger partial charge in [-0.3, -0.25) is 0 Å². The number of nitrogens with zero attached hydrogens (tertiary/aromatic N) is 1. The molecule has 0 saturated heterocycles. The molecule has 0 atom stereocenters. The lowest BCUT2D eigenvalue weighted by Crippen LogP contribution is -2.11. The molecule has 26 heavy (non-hydrogen) atoms. The Morgan fingerprint density at radius 2 is 1.35 bits per heavy atom. The zero-order valence-corrected chi connectivity index (χ0v) is 12.9. The van der Waals surface area contributed by atoms with Gasteiger partial charge in [-0.25, -0.2) is 24.2 Å². The fraction of sp³-hybridized carbons (Fsp3) is 0. The predicted molar refractivity (Wildman–Crippen MR) is 88.2 cm³/mol. The largest absolute Gasteiger partial charge is 0.478 e. The molecule has 0 aliphatic heterocycles. The molecule has 0 radical (unpaired) electrons. The first-order chi connectivity index (χ1) is 12.2. The third-order valence-electron chi connectivity index (χ3n) is 3.27. The fourth-order valence-corrected chi connectivity index (χ4v) is 2.26. The second-order valence-corrected chi connectivity index (χ2v) is 4.98. The first-order valence-corrected chi connectivity index (χ1v) is 6.97. The van der Waals surface area contributed by atoms with E-state index in [0.29, 0.717) is 17.5 Å². The molecular weight excluding hydrogens is 346 g/mol. The van der Waals surface area contributed by atoms with Crippen LogP contribution in [0, 0.1) is 0 Å². The van der Waals surface area contributed by atoms with Gasteiger partial charge < -0.3 is 20.4 Å². The molecule has 0 amide bonds. The van der Waals surface area contributed by atoms with Gasteiger partial charge in [-0.05, 0) is 12.1 Å². The van der Waals surface area contributed by atoms with E-state index in [1.807, 2.05) is 0 Å².